The van der Waals surface area contributed by atoms with E-state index in [0.29, 0.717) is 16.3 Å². The second-order valence-corrected chi connectivity index (χ2v) is 7.33. The number of thiophene rings is 1. The lowest BCUT2D eigenvalue weighted by molar-refractivity contribution is -0.142. The normalized spacial score (nSPS) is 13.1. The van der Waals surface area contributed by atoms with Gasteiger partial charge in [-0.15, -0.1) is 11.3 Å². The van der Waals surface area contributed by atoms with Gasteiger partial charge in [0.15, 0.2) is 0 Å². The van der Waals surface area contributed by atoms with Gasteiger partial charge in [0.05, 0.1) is 10.9 Å². The van der Waals surface area contributed by atoms with Crippen molar-refractivity contribution in [2.75, 3.05) is 6.54 Å². The van der Waals surface area contributed by atoms with Crippen LogP contribution in [-0.2, 0) is 4.79 Å². The summed E-state index contributed by atoms with van der Waals surface area (Å²) in [5.41, 5.74) is 0.747. The molecule has 20 heavy (non-hydrogen) atoms. The van der Waals surface area contributed by atoms with Gasteiger partial charge >= 0.3 is 5.97 Å². The molecule has 0 radical (unpaired) electrons. The lowest BCUT2D eigenvalue weighted by Crippen LogP contribution is -2.34. The standard InChI is InChI=1S/C14H20ClNO3S/c1-8-7-20-11(10(8)15)12(17)16-6-9(13(18)19)5-14(2,3)4/h7,9H,5-6H2,1-4H3,(H,16,17)(H,18,19). The molecule has 0 saturated heterocycles. The zero-order valence-corrected chi connectivity index (χ0v) is 13.7. The minimum atomic E-state index is -0.895. The number of aliphatic carboxylic acids is 1. The smallest absolute Gasteiger partial charge is 0.308 e. The van der Waals surface area contributed by atoms with Crippen LogP contribution >= 0.6 is 22.9 Å². The van der Waals surface area contributed by atoms with E-state index in [0.717, 1.165) is 5.56 Å². The molecule has 6 heteroatoms. The van der Waals surface area contributed by atoms with Gasteiger partial charge < -0.3 is 10.4 Å². The molecule has 1 amide bonds. The zero-order valence-electron chi connectivity index (χ0n) is 12.1. The van der Waals surface area contributed by atoms with Gasteiger partial charge in [-0.1, -0.05) is 32.4 Å². The van der Waals surface area contributed by atoms with Gasteiger partial charge in [-0.3, -0.25) is 9.59 Å². The van der Waals surface area contributed by atoms with Crippen LogP contribution < -0.4 is 5.32 Å². The summed E-state index contributed by atoms with van der Waals surface area (Å²) < 4.78 is 0. The summed E-state index contributed by atoms with van der Waals surface area (Å²) in [6.45, 7) is 7.87. The van der Waals surface area contributed by atoms with Crippen LogP contribution in [0.15, 0.2) is 5.38 Å². The highest BCUT2D eigenvalue weighted by Gasteiger charge is 2.25. The Morgan fingerprint density at radius 1 is 1.45 bits per heavy atom. The molecule has 0 fully saturated rings. The van der Waals surface area contributed by atoms with Crippen LogP contribution in [0.4, 0.5) is 0 Å². The molecule has 1 aromatic rings. The Hall–Kier alpha value is -1.07. The van der Waals surface area contributed by atoms with Gasteiger partial charge in [0.25, 0.3) is 5.91 Å². The minimum Gasteiger partial charge on any atom is -0.481 e. The van der Waals surface area contributed by atoms with Crippen LogP contribution in [0.5, 0.6) is 0 Å². The zero-order chi connectivity index (χ0) is 15.5. The van der Waals surface area contributed by atoms with Gasteiger partial charge in [0.1, 0.15) is 4.88 Å². The minimum absolute atomic E-state index is 0.106. The quantitative estimate of drug-likeness (QED) is 0.872. The SMILES string of the molecule is Cc1csc(C(=O)NCC(CC(C)(C)C)C(=O)O)c1Cl. The van der Waals surface area contributed by atoms with Crippen molar-refractivity contribution in [3.63, 3.8) is 0 Å². The van der Waals surface area contributed by atoms with Crippen molar-refractivity contribution in [1.82, 2.24) is 5.32 Å². The molecule has 1 unspecified atom stereocenters. The Labute approximate surface area is 128 Å². The maximum Gasteiger partial charge on any atom is 0.308 e. The monoisotopic (exact) mass is 317 g/mol. The fraction of sp³-hybridized carbons (Fsp3) is 0.571. The van der Waals surface area contributed by atoms with E-state index in [4.69, 9.17) is 11.6 Å². The average Bonchev–Trinajstić information content (AvgIpc) is 2.63. The Kier molecular flexibility index (Phi) is 5.59. The summed E-state index contributed by atoms with van der Waals surface area (Å²) in [5.74, 6) is -1.80. The molecule has 112 valence electrons. The highest BCUT2D eigenvalue weighted by atomic mass is 35.5. The first-order valence-corrected chi connectivity index (χ1v) is 7.62. The van der Waals surface area contributed by atoms with Gasteiger partial charge in [-0.05, 0) is 29.7 Å². The largest absolute Gasteiger partial charge is 0.481 e. The second-order valence-electron chi connectivity index (χ2n) is 6.07. The second kappa shape index (κ2) is 6.59. The molecule has 0 saturated carbocycles. The number of aryl methyl sites for hydroxylation is 1. The van der Waals surface area contributed by atoms with E-state index in [1.165, 1.54) is 11.3 Å². The molecule has 0 spiro atoms. The first-order valence-electron chi connectivity index (χ1n) is 6.36. The third-order valence-corrected chi connectivity index (χ3v) is 4.52. The lowest BCUT2D eigenvalue weighted by Gasteiger charge is -2.23. The third kappa shape index (κ3) is 4.80. The third-order valence-electron chi connectivity index (χ3n) is 2.82. The van der Waals surface area contributed by atoms with Crippen LogP contribution in [0.1, 0.15) is 42.4 Å². The summed E-state index contributed by atoms with van der Waals surface area (Å²) in [6.07, 6.45) is 0.500. The van der Waals surface area contributed by atoms with E-state index in [1.807, 2.05) is 27.7 Å². The van der Waals surface area contributed by atoms with Gasteiger partial charge in [-0.25, -0.2) is 0 Å². The van der Waals surface area contributed by atoms with Crippen molar-refractivity contribution in [3.8, 4) is 0 Å². The van der Waals surface area contributed by atoms with E-state index in [-0.39, 0.29) is 17.9 Å². The molecular weight excluding hydrogens is 298 g/mol. The van der Waals surface area contributed by atoms with Crippen molar-refractivity contribution >= 4 is 34.8 Å². The molecule has 1 heterocycles. The van der Waals surface area contributed by atoms with Crippen LogP contribution in [0.2, 0.25) is 5.02 Å². The predicted octanol–water partition coefficient (Wildman–Crippen LogP) is 3.58. The molecule has 1 atom stereocenters. The fourth-order valence-electron chi connectivity index (χ4n) is 1.87. The van der Waals surface area contributed by atoms with Crippen LogP contribution in [0, 0.1) is 18.3 Å². The number of rotatable bonds is 5. The average molecular weight is 318 g/mol. The number of carboxylic acids is 1. The highest BCUT2D eigenvalue weighted by molar-refractivity contribution is 7.13. The Bertz CT molecular complexity index is 505. The Morgan fingerprint density at radius 2 is 2.05 bits per heavy atom. The molecule has 0 bridgehead atoms. The highest BCUT2D eigenvalue weighted by Crippen LogP contribution is 2.27. The van der Waals surface area contributed by atoms with Crippen LogP contribution in [0.3, 0.4) is 0 Å². The van der Waals surface area contributed by atoms with Gasteiger partial charge in [0.2, 0.25) is 0 Å². The number of halogens is 1. The fourth-order valence-corrected chi connectivity index (χ4v) is 3.06. The molecule has 0 aliphatic heterocycles. The Balaban J connectivity index is 2.66. The molecule has 1 rings (SSSR count). The predicted molar refractivity (Wildman–Crippen MR) is 81.6 cm³/mol. The van der Waals surface area contributed by atoms with Crippen LogP contribution in [-0.4, -0.2) is 23.5 Å². The molecule has 0 aromatic carbocycles. The van der Waals surface area contributed by atoms with Crippen LogP contribution in [0.25, 0.3) is 0 Å². The van der Waals surface area contributed by atoms with E-state index in [9.17, 15) is 14.7 Å². The number of carbonyl (C=O) groups is 2. The van der Waals surface area contributed by atoms with Crippen molar-refractivity contribution < 1.29 is 14.7 Å². The summed E-state index contributed by atoms with van der Waals surface area (Å²) in [7, 11) is 0. The topological polar surface area (TPSA) is 66.4 Å². The summed E-state index contributed by atoms with van der Waals surface area (Å²) in [4.78, 5) is 23.7. The van der Waals surface area contributed by atoms with Crippen molar-refractivity contribution in [1.29, 1.82) is 0 Å². The van der Waals surface area contributed by atoms with E-state index >= 15 is 0 Å². The summed E-state index contributed by atoms with van der Waals surface area (Å²) in [6, 6.07) is 0. The van der Waals surface area contributed by atoms with E-state index < -0.39 is 11.9 Å². The number of carbonyl (C=O) groups excluding carboxylic acids is 1. The van der Waals surface area contributed by atoms with Gasteiger partial charge in [0, 0.05) is 6.54 Å². The summed E-state index contributed by atoms with van der Waals surface area (Å²) in [5, 5.41) is 14.1. The molecule has 1 aromatic heterocycles. The van der Waals surface area contributed by atoms with Crippen molar-refractivity contribution in [2.24, 2.45) is 11.3 Å². The first kappa shape index (κ1) is 17.0. The van der Waals surface area contributed by atoms with Crippen molar-refractivity contribution in [3.05, 3.63) is 20.8 Å². The molecule has 2 N–H and O–H groups in total. The molecule has 4 nitrogen and oxygen atoms in total. The molecule has 0 aliphatic rings. The van der Waals surface area contributed by atoms with E-state index in [2.05, 4.69) is 5.32 Å². The van der Waals surface area contributed by atoms with Crippen molar-refractivity contribution in [2.45, 2.75) is 34.1 Å². The summed E-state index contributed by atoms with van der Waals surface area (Å²) >= 11 is 7.29. The number of hydrogen-bond donors (Lipinski definition) is 2. The number of nitrogens with one attached hydrogen (secondary N) is 1. The number of carboxylic acid groups (broad SMARTS) is 1. The van der Waals surface area contributed by atoms with E-state index in [1.54, 1.807) is 5.38 Å². The van der Waals surface area contributed by atoms with Gasteiger partial charge in [-0.2, -0.15) is 0 Å². The first-order chi connectivity index (χ1) is 9.11. The maximum absolute atomic E-state index is 12.0. The Morgan fingerprint density at radius 3 is 2.45 bits per heavy atom. The number of amides is 1. The maximum atomic E-state index is 12.0. The molecular formula is C14H20ClNO3S. The number of hydrogen-bond acceptors (Lipinski definition) is 3. The lowest BCUT2D eigenvalue weighted by atomic mass is 9.84. The molecule has 0 aliphatic carbocycles.